The maximum absolute atomic E-state index is 12.9. The van der Waals surface area contributed by atoms with Gasteiger partial charge in [-0.1, -0.05) is 30.8 Å². The van der Waals surface area contributed by atoms with Crippen molar-refractivity contribution < 1.29 is 15.0 Å². The van der Waals surface area contributed by atoms with Crippen molar-refractivity contribution >= 4 is 30.2 Å². The van der Waals surface area contributed by atoms with Gasteiger partial charge in [-0.3, -0.25) is 4.79 Å². The average Bonchev–Trinajstić information content (AvgIpc) is 2.59. The molecule has 0 amide bonds. The second kappa shape index (κ2) is 5.89. The van der Waals surface area contributed by atoms with Crippen molar-refractivity contribution in [3.8, 4) is 11.5 Å². The van der Waals surface area contributed by atoms with Gasteiger partial charge < -0.3 is 10.2 Å². The Bertz CT molecular complexity index is 756. The number of rotatable bonds is 2. The normalized spacial score (nSPS) is 16.8. The van der Waals surface area contributed by atoms with Gasteiger partial charge in [-0.15, -0.1) is 0 Å². The van der Waals surface area contributed by atoms with Crippen molar-refractivity contribution in [1.82, 2.24) is 0 Å². The summed E-state index contributed by atoms with van der Waals surface area (Å²) in [7, 11) is 0. The predicted octanol–water partition coefficient (Wildman–Crippen LogP) is 4.37. The van der Waals surface area contributed by atoms with Crippen molar-refractivity contribution in [2.75, 3.05) is 0 Å². The van der Waals surface area contributed by atoms with Crippen LogP contribution in [0.15, 0.2) is 40.1 Å². The number of fused-ring (bicyclic) bond motifs is 2. The highest BCUT2D eigenvalue weighted by Gasteiger charge is 2.31. The fraction of sp³-hybridized carbons (Fsp3) is 0.235. The molecule has 0 fully saturated rings. The Kier molecular flexibility index (Phi) is 4.10. The highest BCUT2D eigenvalue weighted by molar-refractivity contribution is 7.99. The summed E-state index contributed by atoms with van der Waals surface area (Å²) in [6, 6.07) is 8.75. The van der Waals surface area contributed by atoms with Crippen molar-refractivity contribution in [2.24, 2.45) is 0 Å². The Morgan fingerprint density at radius 2 is 1.95 bits per heavy atom. The first kappa shape index (κ1) is 15.3. The van der Waals surface area contributed by atoms with E-state index in [4.69, 9.17) is 0 Å². The fourth-order valence-electron chi connectivity index (χ4n) is 2.82. The van der Waals surface area contributed by atoms with Gasteiger partial charge in [-0.25, -0.2) is 0 Å². The number of benzene rings is 2. The zero-order chi connectivity index (χ0) is 15.9. The lowest BCUT2D eigenvalue weighted by atomic mass is 9.87. The zero-order valence-electron chi connectivity index (χ0n) is 12.0. The Labute approximate surface area is 138 Å². The van der Waals surface area contributed by atoms with Crippen LogP contribution in [0.1, 0.15) is 40.7 Å². The van der Waals surface area contributed by atoms with Crippen LogP contribution in [0.3, 0.4) is 0 Å². The molecule has 1 aliphatic rings. The topological polar surface area (TPSA) is 57.5 Å². The standard InChI is InChI=1S/C17H16O3S2/c1-2-11-12-5-9(8-21)3-4-14(12)22-15-7-10(18)6-13(19)16(15)17(11)20/h3-7,11,18-19,21H,2,8H2,1H3. The lowest BCUT2D eigenvalue weighted by Gasteiger charge is -2.15. The summed E-state index contributed by atoms with van der Waals surface area (Å²) in [5, 5.41) is 19.8. The molecule has 0 saturated heterocycles. The Hall–Kier alpha value is -1.59. The maximum atomic E-state index is 12.9. The van der Waals surface area contributed by atoms with Gasteiger partial charge in [0.05, 0.1) is 5.56 Å². The summed E-state index contributed by atoms with van der Waals surface area (Å²) < 4.78 is 0. The molecule has 0 saturated carbocycles. The second-order valence-corrected chi connectivity index (χ2v) is 6.70. The number of phenols is 2. The Balaban J connectivity index is 2.25. The van der Waals surface area contributed by atoms with Crippen LogP contribution in [0.2, 0.25) is 0 Å². The van der Waals surface area contributed by atoms with Gasteiger partial charge in [0.2, 0.25) is 0 Å². The number of thiol groups is 1. The van der Waals surface area contributed by atoms with E-state index >= 15 is 0 Å². The molecular formula is C17H16O3S2. The summed E-state index contributed by atoms with van der Waals surface area (Å²) in [5.74, 6) is 0.0199. The minimum atomic E-state index is -0.293. The van der Waals surface area contributed by atoms with Gasteiger partial charge in [0.15, 0.2) is 5.78 Å². The van der Waals surface area contributed by atoms with Gasteiger partial charge in [0, 0.05) is 27.5 Å². The molecule has 0 aliphatic carbocycles. The molecule has 22 heavy (non-hydrogen) atoms. The number of hydrogen-bond acceptors (Lipinski definition) is 5. The Morgan fingerprint density at radius 3 is 2.64 bits per heavy atom. The number of ketones is 1. The van der Waals surface area contributed by atoms with Gasteiger partial charge in [0.25, 0.3) is 0 Å². The van der Waals surface area contributed by atoms with E-state index in [-0.39, 0.29) is 23.2 Å². The molecule has 1 heterocycles. The number of carbonyl (C=O) groups is 1. The van der Waals surface area contributed by atoms with E-state index in [0.717, 1.165) is 16.0 Å². The molecule has 3 nitrogen and oxygen atoms in total. The monoisotopic (exact) mass is 332 g/mol. The van der Waals surface area contributed by atoms with Crippen LogP contribution >= 0.6 is 24.4 Å². The first-order chi connectivity index (χ1) is 10.5. The minimum Gasteiger partial charge on any atom is -0.508 e. The molecule has 0 radical (unpaired) electrons. The molecule has 1 atom stereocenters. The van der Waals surface area contributed by atoms with E-state index in [1.165, 1.54) is 23.9 Å². The average molecular weight is 332 g/mol. The molecule has 2 N–H and O–H groups in total. The molecule has 0 spiro atoms. The molecule has 114 valence electrons. The maximum Gasteiger partial charge on any atom is 0.175 e. The molecule has 3 rings (SSSR count). The molecule has 2 aromatic carbocycles. The third-order valence-electron chi connectivity index (χ3n) is 3.89. The van der Waals surface area contributed by atoms with Gasteiger partial charge in [-0.2, -0.15) is 12.6 Å². The SMILES string of the molecule is CCC1C(=O)c2c(O)cc(O)cc2Sc2ccc(CS)cc21. The summed E-state index contributed by atoms with van der Waals surface area (Å²) >= 11 is 5.71. The molecule has 2 aromatic rings. The Morgan fingerprint density at radius 1 is 1.18 bits per heavy atom. The van der Waals surface area contributed by atoms with E-state index in [1.807, 2.05) is 25.1 Å². The van der Waals surface area contributed by atoms with Crippen molar-refractivity contribution in [3.63, 3.8) is 0 Å². The smallest absolute Gasteiger partial charge is 0.175 e. The number of carbonyl (C=O) groups excluding carboxylic acids is 1. The summed E-state index contributed by atoms with van der Waals surface area (Å²) in [6.45, 7) is 1.97. The second-order valence-electron chi connectivity index (χ2n) is 5.30. The molecule has 1 unspecified atom stereocenters. The number of phenolic OH excluding ortho intramolecular Hbond substituents is 2. The van der Waals surface area contributed by atoms with Crippen molar-refractivity contribution in [3.05, 3.63) is 47.0 Å². The van der Waals surface area contributed by atoms with E-state index in [9.17, 15) is 15.0 Å². The number of aromatic hydroxyl groups is 2. The number of Topliss-reactive ketones (excluding diaryl/α,β-unsaturated/α-hetero) is 1. The zero-order valence-corrected chi connectivity index (χ0v) is 13.7. The molecule has 5 heteroatoms. The number of hydrogen-bond donors (Lipinski definition) is 3. The molecule has 1 aliphatic heterocycles. The third kappa shape index (κ3) is 2.48. The third-order valence-corrected chi connectivity index (χ3v) is 5.39. The summed E-state index contributed by atoms with van der Waals surface area (Å²) in [4.78, 5) is 14.5. The summed E-state index contributed by atoms with van der Waals surface area (Å²) in [5.41, 5.74) is 2.34. The van der Waals surface area contributed by atoms with E-state index < -0.39 is 0 Å². The van der Waals surface area contributed by atoms with E-state index in [2.05, 4.69) is 12.6 Å². The van der Waals surface area contributed by atoms with E-state index in [0.29, 0.717) is 22.6 Å². The lowest BCUT2D eigenvalue weighted by molar-refractivity contribution is 0.0951. The van der Waals surface area contributed by atoms with Gasteiger partial charge in [0.1, 0.15) is 11.5 Å². The quantitative estimate of drug-likeness (QED) is 0.715. The van der Waals surface area contributed by atoms with Gasteiger partial charge in [-0.05, 0) is 29.7 Å². The van der Waals surface area contributed by atoms with Crippen LogP contribution in [-0.2, 0) is 5.75 Å². The van der Waals surface area contributed by atoms with Crippen molar-refractivity contribution in [1.29, 1.82) is 0 Å². The molecule has 0 aromatic heterocycles. The van der Waals surface area contributed by atoms with Crippen LogP contribution in [-0.4, -0.2) is 16.0 Å². The van der Waals surface area contributed by atoms with E-state index in [1.54, 1.807) is 0 Å². The predicted molar refractivity (Wildman–Crippen MR) is 90.4 cm³/mol. The van der Waals surface area contributed by atoms with Crippen LogP contribution in [0.4, 0.5) is 0 Å². The molecule has 0 bridgehead atoms. The van der Waals surface area contributed by atoms with Crippen LogP contribution in [0.25, 0.3) is 0 Å². The van der Waals surface area contributed by atoms with Crippen LogP contribution < -0.4 is 0 Å². The summed E-state index contributed by atoms with van der Waals surface area (Å²) in [6.07, 6.45) is 0.655. The highest BCUT2D eigenvalue weighted by Crippen LogP contribution is 2.46. The first-order valence-corrected chi connectivity index (χ1v) is 8.51. The minimum absolute atomic E-state index is 0.0416. The van der Waals surface area contributed by atoms with Crippen molar-refractivity contribution in [2.45, 2.75) is 34.8 Å². The highest BCUT2D eigenvalue weighted by atomic mass is 32.2. The lowest BCUT2D eigenvalue weighted by Crippen LogP contribution is -2.12. The first-order valence-electron chi connectivity index (χ1n) is 7.06. The van der Waals surface area contributed by atoms with Crippen LogP contribution in [0, 0.1) is 0 Å². The largest absolute Gasteiger partial charge is 0.508 e. The van der Waals surface area contributed by atoms with Crippen LogP contribution in [0.5, 0.6) is 11.5 Å². The van der Waals surface area contributed by atoms with Gasteiger partial charge >= 0.3 is 0 Å². The molecular weight excluding hydrogens is 316 g/mol. The fourth-order valence-corrected chi connectivity index (χ4v) is 4.19.